The number of benzene rings is 3. The summed E-state index contributed by atoms with van der Waals surface area (Å²) in [6, 6.07) is 20.9. The van der Waals surface area contributed by atoms with Crippen LogP contribution in [0.15, 0.2) is 66.7 Å². The molecule has 1 unspecified atom stereocenters. The molecule has 3 heteroatoms. The molecule has 188 valence electrons. The van der Waals surface area contributed by atoms with Gasteiger partial charge in [-0.2, -0.15) is 0 Å². The minimum Gasteiger partial charge on any atom is -0.497 e. The van der Waals surface area contributed by atoms with Crippen LogP contribution in [-0.4, -0.2) is 18.2 Å². The van der Waals surface area contributed by atoms with Crippen LogP contribution >= 0.6 is 0 Å². The lowest BCUT2D eigenvalue weighted by Gasteiger charge is -2.42. The van der Waals surface area contributed by atoms with E-state index in [1.807, 2.05) is 31.2 Å². The van der Waals surface area contributed by atoms with Crippen LogP contribution in [0.2, 0.25) is 0 Å². The monoisotopic (exact) mass is 482 g/mol. The Labute approximate surface area is 215 Å². The standard InChI is InChI=1S/C33H38O3/c1-22-19-23(10-15-28(22)31(34)35)7-11-25(20-24-8-13-27(36-6)14-9-24)26-12-16-29-30(21-26)33(4,5)18-17-32(29,2)3/h7-16,19,21,25H,17-18,20H2,1-6H3,(H,34,35)/b11-7+. The van der Waals surface area contributed by atoms with Crippen LogP contribution in [-0.2, 0) is 17.3 Å². The molecule has 0 amide bonds. The van der Waals surface area contributed by atoms with E-state index in [1.165, 1.54) is 35.1 Å². The van der Waals surface area contributed by atoms with Crippen LogP contribution < -0.4 is 4.74 Å². The molecule has 0 spiro atoms. The summed E-state index contributed by atoms with van der Waals surface area (Å²) in [6.45, 7) is 11.3. The number of carboxylic acids is 1. The second kappa shape index (κ2) is 9.97. The molecule has 0 radical (unpaired) electrons. The van der Waals surface area contributed by atoms with Crippen molar-refractivity contribution in [2.24, 2.45) is 0 Å². The highest BCUT2D eigenvalue weighted by molar-refractivity contribution is 5.89. The van der Waals surface area contributed by atoms with E-state index in [4.69, 9.17) is 4.74 Å². The summed E-state index contributed by atoms with van der Waals surface area (Å²) in [5, 5.41) is 9.37. The predicted octanol–water partition coefficient (Wildman–Crippen LogP) is 8.09. The lowest BCUT2D eigenvalue weighted by atomic mass is 9.62. The van der Waals surface area contributed by atoms with Crippen molar-refractivity contribution < 1.29 is 14.6 Å². The molecular formula is C33H38O3. The third-order valence-electron chi connectivity index (χ3n) is 7.92. The van der Waals surface area contributed by atoms with Crippen molar-refractivity contribution in [3.05, 3.63) is 106 Å². The van der Waals surface area contributed by atoms with E-state index in [2.05, 4.69) is 70.2 Å². The summed E-state index contributed by atoms with van der Waals surface area (Å²) in [4.78, 5) is 11.4. The van der Waals surface area contributed by atoms with E-state index in [1.54, 1.807) is 13.2 Å². The quantitative estimate of drug-likeness (QED) is 0.370. The Balaban J connectivity index is 1.73. The molecule has 1 atom stereocenters. The molecule has 3 aromatic carbocycles. The van der Waals surface area contributed by atoms with Gasteiger partial charge >= 0.3 is 5.97 Å². The van der Waals surface area contributed by atoms with Crippen molar-refractivity contribution >= 4 is 12.0 Å². The van der Waals surface area contributed by atoms with Crippen LogP contribution in [0.25, 0.3) is 6.08 Å². The molecule has 1 aliphatic rings. The zero-order valence-electron chi connectivity index (χ0n) is 22.4. The van der Waals surface area contributed by atoms with Crippen molar-refractivity contribution in [1.29, 1.82) is 0 Å². The maximum absolute atomic E-state index is 11.4. The molecule has 0 fully saturated rings. The van der Waals surface area contributed by atoms with Crippen LogP contribution in [0, 0.1) is 6.92 Å². The maximum atomic E-state index is 11.4. The molecule has 0 saturated heterocycles. The Hall–Kier alpha value is -3.33. The smallest absolute Gasteiger partial charge is 0.335 e. The van der Waals surface area contributed by atoms with Gasteiger partial charge in [0.2, 0.25) is 0 Å². The summed E-state index contributed by atoms with van der Waals surface area (Å²) in [5.74, 6) is 0.154. The Kier molecular flexibility index (Phi) is 7.13. The zero-order valence-corrected chi connectivity index (χ0v) is 22.4. The number of aryl methyl sites for hydroxylation is 1. The third-order valence-corrected chi connectivity index (χ3v) is 7.92. The molecule has 0 aromatic heterocycles. The van der Waals surface area contributed by atoms with Crippen molar-refractivity contribution in [2.75, 3.05) is 7.11 Å². The molecule has 36 heavy (non-hydrogen) atoms. The highest BCUT2D eigenvalue weighted by Crippen LogP contribution is 2.46. The van der Waals surface area contributed by atoms with Gasteiger partial charge in [0.05, 0.1) is 12.7 Å². The number of hydrogen-bond donors (Lipinski definition) is 1. The SMILES string of the molecule is COc1ccc(CC(/C=C/c2ccc(C(=O)O)c(C)c2)c2ccc3c(c2)C(C)(C)CCC3(C)C)cc1. The molecule has 3 nitrogen and oxygen atoms in total. The minimum absolute atomic E-state index is 0.152. The number of allylic oxidation sites excluding steroid dienone is 1. The first-order chi connectivity index (χ1) is 17.0. The molecule has 0 bridgehead atoms. The number of rotatable bonds is 7. The first-order valence-corrected chi connectivity index (χ1v) is 12.8. The first kappa shape index (κ1) is 25.8. The fourth-order valence-corrected chi connectivity index (χ4v) is 5.41. The van der Waals surface area contributed by atoms with Gasteiger partial charge in [0.1, 0.15) is 5.75 Å². The van der Waals surface area contributed by atoms with Gasteiger partial charge < -0.3 is 9.84 Å². The van der Waals surface area contributed by atoms with Crippen LogP contribution in [0.5, 0.6) is 5.75 Å². The average Bonchev–Trinajstić information content (AvgIpc) is 2.84. The molecule has 0 aliphatic heterocycles. The number of ether oxygens (including phenoxy) is 1. The van der Waals surface area contributed by atoms with Gasteiger partial charge in [-0.1, -0.05) is 82.3 Å². The van der Waals surface area contributed by atoms with Crippen LogP contribution in [0.3, 0.4) is 0 Å². The second-order valence-corrected chi connectivity index (χ2v) is 11.5. The average molecular weight is 483 g/mol. The highest BCUT2D eigenvalue weighted by atomic mass is 16.5. The summed E-state index contributed by atoms with van der Waals surface area (Å²) < 4.78 is 5.35. The van der Waals surface area contributed by atoms with Crippen molar-refractivity contribution in [3.63, 3.8) is 0 Å². The van der Waals surface area contributed by atoms with Crippen molar-refractivity contribution in [1.82, 2.24) is 0 Å². The van der Waals surface area contributed by atoms with E-state index in [9.17, 15) is 9.90 Å². The lowest BCUT2D eigenvalue weighted by Crippen LogP contribution is -2.34. The molecule has 3 aromatic rings. The fraction of sp³-hybridized carbons (Fsp3) is 0.364. The topological polar surface area (TPSA) is 46.5 Å². The van der Waals surface area contributed by atoms with E-state index < -0.39 is 5.97 Å². The Morgan fingerprint density at radius 2 is 1.61 bits per heavy atom. The van der Waals surface area contributed by atoms with Gasteiger partial charge in [0, 0.05) is 5.92 Å². The molecule has 0 heterocycles. The molecule has 1 aliphatic carbocycles. The largest absolute Gasteiger partial charge is 0.497 e. The number of aromatic carboxylic acids is 1. The molecule has 1 N–H and O–H groups in total. The summed E-state index contributed by atoms with van der Waals surface area (Å²) >= 11 is 0. The number of carboxylic acid groups (broad SMARTS) is 1. The maximum Gasteiger partial charge on any atom is 0.335 e. The minimum atomic E-state index is -0.889. The van der Waals surface area contributed by atoms with Crippen molar-refractivity contribution in [3.8, 4) is 5.75 Å². The number of fused-ring (bicyclic) bond motifs is 1. The lowest BCUT2D eigenvalue weighted by molar-refractivity contribution is 0.0696. The van der Waals surface area contributed by atoms with Gasteiger partial charge in [0.15, 0.2) is 0 Å². The Morgan fingerprint density at radius 1 is 0.944 bits per heavy atom. The first-order valence-electron chi connectivity index (χ1n) is 12.8. The van der Waals surface area contributed by atoms with Crippen molar-refractivity contribution in [2.45, 2.75) is 70.6 Å². The van der Waals surface area contributed by atoms with E-state index >= 15 is 0 Å². The molecular weight excluding hydrogens is 444 g/mol. The molecule has 0 saturated carbocycles. The molecule has 4 rings (SSSR count). The number of methoxy groups -OCH3 is 1. The fourth-order valence-electron chi connectivity index (χ4n) is 5.41. The second-order valence-electron chi connectivity index (χ2n) is 11.5. The van der Waals surface area contributed by atoms with Gasteiger partial charge in [0.25, 0.3) is 0 Å². The zero-order chi connectivity index (χ0) is 26.1. The summed E-state index contributed by atoms with van der Waals surface area (Å²) in [6.07, 6.45) is 7.65. The third kappa shape index (κ3) is 5.41. The predicted molar refractivity (Wildman–Crippen MR) is 148 cm³/mol. The number of hydrogen-bond acceptors (Lipinski definition) is 2. The Bertz CT molecular complexity index is 1280. The van der Waals surface area contributed by atoms with E-state index in [0.717, 1.165) is 23.3 Å². The normalized spacial score (nSPS) is 16.9. The van der Waals surface area contributed by atoms with Gasteiger partial charge in [-0.05, 0) is 88.6 Å². The van der Waals surface area contributed by atoms with E-state index in [-0.39, 0.29) is 16.7 Å². The van der Waals surface area contributed by atoms with Gasteiger partial charge in [-0.3, -0.25) is 0 Å². The van der Waals surface area contributed by atoms with Crippen LogP contribution in [0.1, 0.15) is 90.2 Å². The summed E-state index contributed by atoms with van der Waals surface area (Å²) in [5.41, 5.74) is 7.96. The van der Waals surface area contributed by atoms with Crippen LogP contribution in [0.4, 0.5) is 0 Å². The van der Waals surface area contributed by atoms with E-state index in [0.29, 0.717) is 5.56 Å². The Morgan fingerprint density at radius 3 is 2.22 bits per heavy atom. The van der Waals surface area contributed by atoms with Gasteiger partial charge in [-0.15, -0.1) is 0 Å². The number of carbonyl (C=O) groups is 1. The highest BCUT2D eigenvalue weighted by Gasteiger charge is 2.37. The summed E-state index contributed by atoms with van der Waals surface area (Å²) in [7, 11) is 1.69. The van der Waals surface area contributed by atoms with Gasteiger partial charge in [-0.25, -0.2) is 4.79 Å².